The van der Waals surface area contributed by atoms with Crippen LogP contribution in [0.3, 0.4) is 0 Å². The standard InChI is InChI=1S/C19H22O2/c1-16(20)9-10-18-11-13-19(14-12-18)21-15-5-8-17-6-3-2-4-7-17/h2-8,11-14,16,20H,9-10,15H2,1H3/b8-5+. The molecule has 2 aromatic rings. The Labute approximate surface area is 126 Å². The highest BCUT2D eigenvalue weighted by Crippen LogP contribution is 2.14. The fraction of sp³-hybridized carbons (Fsp3) is 0.263. The summed E-state index contributed by atoms with van der Waals surface area (Å²) in [5.74, 6) is 0.869. The molecule has 21 heavy (non-hydrogen) atoms. The van der Waals surface area contributed by atoms with E-state index in [0.29, 0.717) is 6.61 Å². The van der Waals surface area contributed by atoms with Crippen molar-refractivity contribution in [3.05, 3.63) is 71.8 Å². The third-order valence-corrected chi connectivity index (χ3v) is 3.23. The van der Waals surface area contributed by atoms with Crippen LogP contribution in [0.4, 0.5) is 0 Å². The van der Waals surface area contributed by atoms with Crippen molar-refractivity contribution in [1.29, 1.82) is 0 Å². The summed E-state index contributed by atoms with van der Waals surface area (Å²) in [7, 11) is 0. The molecule has 1 unspecified atom stereocenters. The zero-order valence-electron chi connectivity index (χ0n) is 12.4. The first kappa shape index (κ1) is 15.3. The van der Waals surface area contributed by atoms with Crippen LogP contribution in [-0.2, 0) is 6.42 Å². The molecule has 0 amide bonds. The lowest BCUT2D eigenvalue weighted by Gasteiger charge is -2.06. The first-order valence-corrected chi connectivity index (χ1v) is 7.35. The van der Waals surface area contributed by atoms with E-state index in [-0.39, 0.29) is 6.10 Å². The van der Waals surface area contributed by atoms with Crippen molar-refractivity contribution in [3.8, 4) is 5.75 Å². The Morgan fingerprint density at radius 2 is 1.76 bits per heavy atom. The van der Waals surface area contributed by atoms with Crippen molar-refractivity contribution < 1.29 is 9.84 Å². The summed E-state index contributed by atoms with van der Waals surface area (Å²) < 4.78 is 5.67. The number of rotatable bonds is 7. The van der Waals surface area contributed by atoms with Crippen molar-refractivity contribution in [2.45, 2.75) is 25.9 Å². The molecule has 0 fully saturated rings. The molecule has 0 aliphatic carbocycles. The maximum Gasteiger partial charge on any atom is 0.119 e. The van der Waals surface area contributed by atoms with E-state index in [1.54, 1.807) is 0 Å². The third kappa shape index (κ3) is 5.84. The number of hydrogen-bond donors (Lipinski definition) is 1. The van der Waals surface area contributed by atoms with Crippen LogP contribution in [0.15, 0.2) is 60.7 Å². The van der Waals surface area contributed by atoms with E-state index in [4.69, 9.17) is 4.74 Å². The molecule has 1 atom stereocenters. The van der Waals surface area contributed by atoms with E-state index in [2.05, 4.69) is 30.3 Å². The second kappa shape index (κ2) is 8.28. The maximum atomic E-state index is 9.27. The van der Waals surface area contributed by atoms with Gasteiger partial charge in [-0.25, -0.2) is 0 Å². The fourth-order valence-corrected chi connectivity index (χ4v) is 2.02. The Morgan fingerprint density at radius 1 is 1.05 bits per heavy atom. The molecule has 0 spiro atoms. The molecule has 1 N–H and O–H groups in total. The summed E-state index contributed by atoms with van der Waals surface area (Å²) in [5.41, 5.74) is 2.40. The van der Waals surface area contributed by atoms with E-state index in [1.807, 2.05) is 43.3 Å². The number of aryl methyl sites for hydroxylation is 1. The van der Waals surface area contributed by atoms with Gasteiger partial charge in [0, 0.05) is 0 Å². The molecular weight excluding hydrogens is 260 g/mol. The molecule has 0 aliphatic rings. The monoisotopic (exact) mass is 282 g/mol. The van der Waals surface area contributed by atoms with Gasteiger partial charge >= 0.3 is 0 Å². The minimum atomic E-state index is -0.246. The van der Waals surface area contributed by atoms with Gasteiger partial charge in [-0.15, -0.1) is 0 Å². The fourth-order valence-electron chi connectivity index (χ4n) is 2.02. The lowest BCUT2D eigenvalue weighted by molar-refractivity contribution is 0.185. The van der Waals surface area contributed by atoms with Gasteiger partial charge in [-0.3, -0.25) is 0 Å². The van der Waals surface area contributed by atoms with Gasteiger partial charge in [0.1, 0.15) is 12.4 Å². The Balaban J connectivity index is 1.77. The SMILES string of the molecule is CC(O)CCc1ccc(OC/C=C/c2ccccc2)cc1. The molecular formula is C19H22O2. The highest BCUT2D eigenvalue weighted by molar-refractivity contribution is 5.48. The van der Waals surface area contributed by atoms with Crippen molar-refractivity contribution in [3.63, 3.8) is 0 Å². The molecule has 2 nitrogen and oxygen atoms in total. The largest absolute Gasteiger partial charge is 0.490 e. The maximum absolute atomic E-state index is 9.27. The predicted octanol–water partition coefficient (Wildman–Crippen LogP) is 4.09. The van der Waals surface area contributed by atoms with Gasteiger partial charge in [-0.2, -0.15) is 0 Å². The summed E-state index contributed by atoms with van der Waals surface area (Å²) in [4.78, 5) is 0. The summed E-state index contributed by atoms with van der Waals surface area (Å²) in [6.07, 6.45) is 5.50. The van der Waals surface area contributed by atoms with Gasteiger partial charge in [-0.05, 0) is 49.1 Å². The van der Waals surface area contributed by atoms with Gasteiger partial charge in [0.25, 0.3) is 0 Å². The topological polar surface area (TPSA) is 29.5 Å². The highest BCUT2D eigenvalue weighted by Gasteiger charge is 1.98. The summed E-state index contributed by atoms with van der Waals surface area (Å²) in [5, 5.41) is 9.27. The van der Waals surface area contributed by atoms with E-state index in [9.17, 15) is 5.11 Å². The Hall–Kier alpha value is -2.06. The lowest BCUT2D eigenvalue weighted by atomic mass is 10.1. The first-order chi connectivity index (χ1) is 10.2. The third-order valence-electron chi connectivity index (χ3n) is 3.23. The Bertz CT molecular complexity index is 542. The average Bonchev–Trinajstić information content (AvgIpc) is 2.52. The van der Waals surface area contributed by atoms with E-state index in [0.717, 1.165) is 18.6 Å². The zero-order valence-corrected chi connectivity index (χ0v) is 12.4. The quantitative estimate of drug-likeness (QED) is 0.828. The predicted molar refractivity (Wildman–Crippen MR) is 87.4 cm³/mol. The summed E-state index contributed by atoms with van der Waals surface area (Å²) >= 11 is 0. The zero-order chi connectivity index (χ0) is 14.9. The van der Waals surface area contributed by atoms with E-state index < -0.39 is 0 Å². The molecule has 2 heteroatoms. The normalized spacial score (nSPS) is 12.5. The molecule has 0 saturated carbocycles. The van der Waals surface area contributed by atoms with E-state index >= 15 is 0 Å². The van der Waals surface area contributed by atoms with Gasteiger partial charge < -0.3 is 9.84 Å². The Morgan fingerprint density at radius 3 is 2.43 bits per heavy atom. The summed E-state index contributed by atoms with van der Waals surface area (Å²) in [6, 6.07) is 18.2. The molecule has 0 heterocycles. The molecule has 0 saturated heterocycles. The van der Waals surface area contributed by atoms with Crippen LogP contribution < -0.4 is 4.74 Å². The highest BCUT2D eigenvalue weighted by atomic mass is 16.5. The second-order valence-corrected chi connectivity index (χ2v) is 5.16. The van der Waals surface area contributed by atoms with E-state index in [1.165, 1.54) is 11.1 Å². The number of hydrogen-bond acceptors (Lipinski definition) is 2. The van der Waals surface area contributed by atoms with Crippen molar-refractivity contribution in [2.75, 3.05) is 6.61 Å². The van der Waals surface area contributed by atoms with Crippen LogP contribution in [-0.4, -0.2) is 17.8 Å². The smallest absolute Gasteiger partial charge is 0.119 e. The molecule has 0 radical (unpaired) electrons. The molecule has 0 aliphatic heterocycles. The van der Waals surface area contributed by atoms with Gasteiger partial charge in [0.2, 0.25) is 0 Å². The van der Waals surface area contributed by atoms with Crippen LogP contribution in [0, 0.1) is 0 Å². The Kier molecular flexibility index (Phi) is 6.04. The minimum absolute atomic E-state index is 0.246. The molecule has 0 bridgehead atoms. The van der Waals surface area contributed by atoms with Crippen molar-refractivity contribution in [2.24, 2.45) is 0 Å². The first-order valence-electron chi connectivity index (χ1n) is 7.35. The van der Waals surface area contributed by atoms with Crippen LogP contribution in [0.5, 0.6) is 5.75 Å². The molecule has 0 aromatic heterocycles. The molecule has 110 valence electrons. The van der Waals surface area contributed by atoms with Crippen molar-refractivity contribution in [1.82, 2.24) is 0 Å². The molecule has 2 aromatic carbocycles. The average molecular weight is 282 g/mol. The molecule has 2 rings (SSSR count). The van der Waals surface area contributed by atoms with Crippen LogP contribution in [0.25, 0.3) is 6.08 Å². The summed E-state index contributed by atoms with van der Waals surface area (Å²) in [6.45, 7) is 2.37. The minimum Gasteiger partial charge on any atom is -0.490 e. The number of aliphatic hydroxyl groups is 1. The van der Waals surface area contributed by atoms with Crippen LogP contribution >= 0.6 is 0 Å². The van der Waals surface area contributed by atoms with Crippen LogP contribution in [0.2, 0.25) is 0 Å². The number of ether oxygens (including phenoxy) is 1. The van der Waals surface area contributed by atoms with Gasteiger partial charge in [-0.1, -0.05) is 48.5 Å². The van der Waals surface area contributed by atoms with Gasteiger partial charge in [0.15, 0.2) is 0 Å². The second-order valence-electron chi connectivity index (χ2n) is 5.16. The van der Waals surface area contributed by atoms with Gasteiger partial charge in [0.05, 0.1) is 6.10 Å². The number of benzene rings is 2. The number of aliphatic hydroxyl groups excluding tert-OH is 1. The lowest BCUT2D eigenvalue weighted by Crippen LogP contribution is -2.01. The van der Waals surface area contributed by atoms with Crippen LogP contribution in [0.1, 0.15) is 24.5 Å². The van der Waals surface area contributed by atoms with Crippen molar-refractivity contribution >= 4 is 6.08 Å².